The highest BCUT2D eigenvalue weighted by Crippen LogP contribution is 2.31. The number of methoxy groups -OCH3 is 1. The molecule has 2 rings (SSSR count). The highest BCUT2D eigenvalue weighted by Gasteiger charge is 2.42. The number of aryl methyl sites for hydroxylation is 1. The van der Waals surface area contributed by atoms with E-state index in [1.807, 2.05) is 0 Å². The molecule has 2 heterocycles. The van der Waals surface area contributed by atoms with Crippen molar-refractivity contribution in [2.75, 3.05) is 20.8 Å². The molecule has 0 fully saturated rings. The lowest BCUT2D eigenvalue weighted by Crippen LogP contribution is -2.54. The smallest absolute Gasteiger partial charge is 0.383 e. The molecule has 0 spiro atoms. The number of aromatic nitrogens is 2. The number of rotatable bonds is 5. The van der Waals surface area contributed by atoms with E-state index in [4.69, 9.17) is 10.5 Å². The molecule has 1 aromatic heterocycles. The van der Waals surface area contributed by atoms with Gasteiger partial charge in [-0.25, -0.2) is 4.99 Å². The molecule has 0 saturated heterocycles. The van der Waals surface area contributed by atoms with Gasteiger partial charge in [0.1, 0.15) is 11.4 Å². The van der Waals surface area contributed by atoms with Gasteiger partial charge in [-0.2, -0.15) is 18.3 Å². The Morgan fingerprint density at radius 3 is 2.74 bits per heavy atom. The number of ether oxygens (including phenoxy) is 1. The lowest BCUT2D eigenvalue weighted by atomic mass is 10.1. The highest BCUT2D eigenvalue weighted by molar-refractivity contribution is 5.82. The zero-order valence-electron chi connectivity index (χ0n) is 13.0. The fourth-order valence-corrected chi connectivity index (χ4v) is 2.26. The largest absolute Gasteiger partial charge is 0.421 e. The Bertz CT molecular complexity index is 636. The van der Waals surface area contributed by atoms with E-state index in [9.17, 15) is 13.2 Å². The molecule has 7 nitrogen and oxygen atoms in total. The van der Waals surface area contributed by atoms with Gasteiger partial charge < -0.3 is 15.4 Å². The average Bonchev–Trinajstić information content (AvgIpc) is 2.85. The van der Waals surface area contributed by atoms with E-state index in [-0.39, 0.29) is 5.82 Å². The summed E-state index contributed by atoms with van der Waals surface area (Å²) in [6.07, 6.45) is -2.16. The van der Waals surface area contributed by atoms with Crippen molar-refractivity contribution in [1.82, 2.24) is 20.4 Å². The average molecular weight is 332 g/mol. The Morgan fingerprint density at radius 2 is 2.17 bits per heavy atom. The maximum atomic E-state index is 13.0. The SMILES string of the molecule is CNC1=C(C(F)(F)F)C=NC(N)(c2cn(CCOC)nc2C)N1. The van der Waals surface area contributed by atoms with Gasteiger partial charge in [-0.05, 0) is 6.92 Å². The molecule has 128 valence electrons. The molecule has 0 saturated carbocycles. The first-order valence-electron chi connectivity index (χ1n) is 6.86. The van der Waals surface area contributed by atoms with Gasteiger partial charge in [-0.1, -0.05) is 0 Å². The monoisotopic (exact) mass is 332 g/mol. The summed E-state index contributed by atoms with van der Waals surface area (Å²) in [6.45, 7) is 2.67. The first-order chi connectivity index (χ1) is 10.7. The van der Waals surface area contributed by atoms with Gasteiger partial charge in [-0.15, -0.1) is 0 Å². The highest BCUT2D eigenvalue weighted by atomic mass is 19.4. The molecule has 0 bridgehead atoms. The van der Waals surface area contributed by atoms with Gasteiger partial charge in [0, 0.05) is 26.6 Å². The molecule has 0 aliphatic carbocycles. The van der Waals surface area contributed by atoms with Crippen molar-refractivity contribution in [3.63, 3.8) is 0 Å². The van der Waals surface area contributed by atoms with Crippen LogP contribution < -0.4 is 16.4 Å². The fourth-order valence-electron chi connectivity index (χ4n) is 2.26. The lowest BCUT2D eigenvalue weighted by molar-refractivity contribution is -0.0875. The summed E-state index contributed by atoms with van der Waals surface area (Å²) in [6, 6.07) is 0. The van der Waals surface area contributed by atoms with Crippen LogP contribution in [0, 0.1) is 6.92 Å². The van der Waals surface area contributed by atoms with Crippen LogP contribution in [0.4, 0.5) is 13.2 Å². The zero-order valence-corrected chi connectivity index (χ0v) is 13.0. The Kier molecular flexibility index (Phi) is 4.66. The van der Waals surface area contributed by atoms with E-state index in [1.54, 1.807) is 24.9 Å². The van der Waals surface area contributed by atoms with Gasteiger partial charge in [-0.3, -0.25) is 10.4 Å². The van der Waals surface area contributed by atoms with Crippen LogP contribution in [0.3, 0.4) is 0 Å². The van der Waals surface area contributed by atoms with Crippen LogP contribution in [0.5, 0.6) is 0 Å². The van der Waals surface area contributed by atoms with Crippen LogP contribution in [-0.4, -0.2) is 42.9 Å². The van der Waals surface area contributed by atoms with Crippen LogP contribution in [-0.2, 0) is 17.1 Å². The minimum absolute atomic E-state index is 0.237. The minimum atomic E-state index is -4.53. The number of nitrogens with two attached hydrogens (primary N) is 1. The summed E-state index contributed by atoms with van der Waals surface area (Å²) in [4.78, 5) is 3.87. The molecule has 0 amide bonds. The van der Waals surface area contributed by atoms with Gasteiger partial charge >= 0.3 is 6.18 Å². The van der Waals surface area contributed by atoms with Crippen molar-refractivity contribution in [3.8, 4) is 0 Å². The van der Waals surface area contributed by atoms with E-state index >= 15 is 0 Å². The summed E-state index contributed by atoms with van der Waals surface area (Å²) in [5, 5.41) is 9.35. The lowest BCUT2D eigenvalue weighted by Gasteiger charge is -2.33. The number of hydrogen-bond donors (Lipinski definition) is 3. The normalized spacial score (nSPS) is 21.5. The molecule has 0 radical (unpaired) electrons. The predicted molar refractivity (Wildman–Crippen MR) is 78.5 cm³/mol. The van der Waals surface area contributed by atoms with Crippen molar-refractivity contribution in [2.24, 2.45) is 10.7 Å². The molecule has 1 aliphatic rings. The maximum absolute atomic E-state index is 13.0. The Balaban J connectivity index is 2.33. The molecule has 4 N–H and O–H groups in total. The third-order valence-electron chi connectivity index (χ3n) is 3.42. The third kappa shape index (κ3) is 3.48. The van der Waals surface area contributed by atoms with Crippen LogP contribution in [0.1, 0.15) is 11.3 Å². The molecular formula is C13H19F3N6O. The molecule has 1 aliphatic heterocycles. The second-order valence-corrected chi connectivity index (χ2v) is 5.07. The summed E-state index contributed by atoms with van der Waals surface area (Å²) in [7, 11) is 2.94. The van der Waals surface area contributed by atoms with Crippen LogP contribution in [0.25, 0.3) is 0 Å². The number of nitrogens with zero attached hydrogens (tertiary/aromatic N) is 3. The Hall–Kier alpha value is -2.07. The number of alkyl halides is 3. The molecule has 10 heteroatoms. The summed E-state index contributed by atoms with van der Waals surface area (Å²) >= 11 is 0. The maximum Gasteiger partial charge on any atom is 0.421 e. The summed E-state index contributed by atoms with van der Waals surface area (Å²) in [5.41, 5.74) is 6.30. The minimum Gasteiger partial charge on any atom is -0.383 e. The van der Waals surface area contributed by atoms with E-state index < -0.39 is 17.5 Å². The second kappa shape index (κ2) is 6.20. The quantitative estimate of drug-likeness (QED) is 0.734. The van der Waals surface area contributed by atoms with Crippen LogP contribution in [0.2, 0.25) is 0 Å². The first-order valence-corrected chi connectivity index (χ1v) is 6.86. The van der Waals surface area contributed by atoms with Crippen molar-refractivity contribution < 1.29 is 17.9 Å². The Labute approximate surface area is 131 Å². The number of halogens is 3. The van der Waals surface area contributed by atoms with Crippen LogP contribution >= 0.6 is 0 Å². The number of allylic oxidation sites excluding steroid dienone is 1. The van der Waals surface area contributed by atoms with Gasteiger partial charge in [0.2, 0.25) is 5.79 Å². The van der Waals surface area contributed by atoms with E-state index in [2.05, 4.69) is 20.7 Å². The van der Waals surface area contributed by atoms with Crippen molar-refractivity contribution in [1.29, 1.82) is 0 Å². The van der Waals surface area contributed by atoms with Crippen molar-refractivity contribution in [2.45, 2.75) is 25.4 Å². The fraction of sp³-hybridized carbons (Fsp3) is 0.538. The van der Waals surface area contributed by atoms with E-state index in [0.29, 0.717) is 24.4 Å². The van der Waals surface area contributed by atoms with Crippen molar-refractivity contribution >= 4 is 6.21 Å². The molecule has 23 heavy (non-hydrogen) atoms. The van der Waals surface area contributed by atoms with Gasteiger partial charge in [0.15, 0.2) is 0 Å². The predicted octanol–water partition coefficient (Wildman–Crippen LogP) is 0.574. The molecule has 1 atom stereocenters. The van der Waals surface area contributed by atoms with E-state index in [1.165, 1.54) is 7.05 Å². The molecule has 1 unspecified atom stereocenters. The summed E-state index contributed by atoms with van der Waals surface area (Å²) in [5.74, 6) is -1.76. The van der Waals surface area contributed by atoms with Crippen molar-refractivity contribution in [3.05, 3.63) is 28.8 Å². The third-order valence-corrected chi connectivity index (χ3v) is 3.42. The first kappa shape index (κ1) is 17.3. The summed E-state index contributed by atoms with van der Waals surface area (Å²) < 4.78 is 45.5. The topological polar surface area (TPSA) is 89.5 Å². The van der Waals surface area contributed by atoms with Crippen LogP contribution in [0.15, 0.2) is 22.6 Å². The molecule has 1 aromatic rings. The van der Waals surface area contributed by atoms with Gasteiger partial charge in [0.25, 0.3) is 0 Å². The van der Waals surface area contributed by atoms with E-state index in [0.717, 1.165) is 6.21 Å². The van der Waals surface area contributed by atoms with Gasteiger partial charge in [0.05, 0.1) is 24.4 Å². The second-order valence-electron chi connectivity index (χ2n) is 5.07. The number of aliphatic imine (C=N–C) groups is 1. The number of hydrogen-bond acceptors (Lipinski definition) is 6. The Morgan fingerprint density at radius 1 is 1.48 bits per heavy atom. The number of nitrogens with one attached hydrogen (secondary N) is 2. The molecular weight excluding hydrogens is 313 g/mol. The zero-order chi connectivity index (χ0) is 17.3. The molecule has 0 aromatic carbocycles. The standard InChI is InChI=1S/C13H19F3N6O/c1-8-10(7-22(21-8)4-5-23-3)13(17)19-6-9(12(14,15)16)11(18-2)20-13/h6-7,18,20H,4-5,17H2,1-3H3.